The molecule has 0 radical (unpaired) electrons. The number of methoxy groups -OCH3 is 2. The van der Waals surface area contributed by atoms with E-state index in [1.165, 1.54) is 38.7 Å². The smallest absolute Gasteiger partial charge is 0.351 e. The number of hydrogen-bond acceptors (Lipinski definition) is 7. The first kappa shape index (κ1) is 21.5. The van der Waals surface area contributed by atoms with Crippen molar-refractivity contribution in [2.24, 2.45) is 0 Å². The summed E-state index contributed by atoms with van der Waals surface area (Å²) in [5.74, 6) is 0.669. The van der Waals surface area contributed by atoms with Crippen LogP contribution < -0.4 is 24.4 Å². The summed E-state index contributed by atoms with van der Waals surface area (Å²) < 4.78 is 27.9. The molecule has 32 heavy (non-hydrogen) atoms. The number of hydrogen-bond donors (Lipinski definition) is 0. The lowest BCUT2D eigenvalue weighted by Gasteiger charge is -2.12. The van der Waals surface area contributed by atoms with E-state index in [1.54, 1.807) is 36.4 Å². The number of esters is 1. The Morgan fingerprint density at radius 3 is 2.25 bits per heavy atom. The molecular formula is C24H17BrO7. The predicted octanol–water partition coefficient (Wildman–Crippen LogP) is 5.58. The Morgan fingerprint density at radius 2 is 1.56 bits per heavy atom. The lowest BCUT2D eigenvalue weighted by molar-refractivity contribution is 0.0727. The minimum Gasteiger partial charge on any atom is -0.496 e. The van der Waals surface area contributed by atoms with Crippen LogP contribution in [0.4, 0.5) is 0 Å². The van der Waals surface area contributed by atoms with Gasteiger partial charge in [0.15, 0.2) is 0 Å². The maximum atomic E-state index is 12.8. The van der Waals surface area contributed by atoms with Gasteiger partial charge in [0.2, 0.25) is 11.2 Å². The Bertz CT molecular complexity index is 1340. The van der Waals surface area contributed by atoms with Crippen molar-refractivity contribution in [1.82, 2.24) is 0 Å². The van der Waals surface area contributed by atoms with Gasteiger partial charge < -0.3 is 23.4 Å². The summed E-state index contributed by atoms with van der Waals surface area (Å²) in [6, 6.07) is 16.6. The Hall–Kier alpha value is -3.78. The zero-order valence-electron chi connectivity index (χ0n) is 17.1. The quantitative estimate of drug-likeness (QED) is 0.254. The molecule has 1 heterocycles. The van der Waals surface area contributed by atoms with Gasteiger partial charge in [-0.1, -0.05) is 18.2 Å². The van der Waals surface area contributed by atoms with E-state index in [-0.39, 0.29) is 33.5 Å². The Kier molecular flexibility index (Phi) is 6.13. The van der Waals surface area contributed by atoms with Crippen LogP contribution in [0.15, 0.2) is 80.6 Å². The molecule has 0 saturated heterocycles. The zero-order chi connectivity index (χ0) is 22.7. The topological polar surface area (TPSA) is 84.2 Å². The molecule has 0 N–H and O–H groups in total. The molecule has 0 bridgehead atoms. The van der Waals surface area contributed by atoms with E-state index in [0.29, 0.717) is 21.7 Å². The van der Waals surface area contributed by atoms with Crippen molar-refractivity contribution in [3.8, 4) is 28.7 Å². The normalized spacial score (nSPS) is 10.6. The van der Waals surface area contributed by atoms with Crippen LogP contribution in [-0.4, -0.2) is 20.2 Å². The lowest BCUT2D eigenvalue weighted by Crippen LogP contribution is -2.12. The molecule has 4 aromatic rings. The van der Waals surface area contributed by atoms with Gasteiger partial charge >= 0.3 is 5.97 Å². The number of halogens is 1. The van der Waals surface area contributed by atoms with Gasteiger partial charge in [-0.05, 0) is 52.3 Å². The largest absolute Gasteiger partial charge is 0.496 e. The van der Waals surface area contributed by atoms with E-state index in [2.05, 4.69) is 15.9 Å². The Labute approximate surface area is 191 Å². The van der Waals surface area contributed by atoms with Gasteiger partial charge in [0.25, 0.3) is 0 Å². The van der Waals surface area contributed by atoms with Crippen molar-refractivity contribution in [2.45, 2.75) is 0 Å². The fourth-order valence-corrected chi connectivity index (χ4v) is 3.45. The van der Waals surface area contributed by atoms with Gasteiger partial charge in [-0.15, -0.1) is 0 Å². The van der Waals surface area contributed by atoms with Crippen molar-refractivity contribution in [1.29, 1.82) is 0 Å². The van der Waals surface area contributed by atoms with E-state index in [1.807, 2.05) is 6.07 Å². The number of ether oxygens (including phenoxy) is 4. The number of benzene rings is 3. The average Bonchev–Trinajstić information content (AvgIpc) is 2.81. The first-order chi connectivity index (χ1) is 15.5. The molecular weight excluding hydrogens is 480 g/mol. The van der Waals surface area contributed by atoms with Crippen molar-refractivity contribution in [3.63, 3.8) is 0 Å². The molecule has 0 saturated carbocycles. The summed E-state index contributed by atoms with van der Waals surface area (Å²) in [5, 5.41) is 0.282. The van der Waals surface area contributed by atoms with Crippen molar-refractivity contribution in [2.75, 3.05) is 14.2 Å². The highest BCUT2D eigenvalue weighted by Gasteiger charge is 2.21. The molecule has 0 amide bonds. The van der Waals surface area contributed by atoms with Crippen LogP contribution in [0.5, 0.6) is 28.7 Å². The molecule has 7 nitrogen and oxygen atoms in total. The fourth-order valence-electron chi connectivity index (χ4n) is 3.08. The highest BCUT2D eigenvalue weighted by molar-refractivity contribution is 9.10. The van der Waals surface area contributed by atoms with E-state index in [9.17, 15) is 9.59 Å². The third-order valence-electron chi connectivity index (χ3n) is 4.61. The number of rotatable bonds is 6. The van der Waals surface area contributed by atoms with Gasteiger partial charge in [0, 0.05) is 6.07 Å². The molecule has 0 aliphatic rings. The van der Waals surface area contributed by atoms with Crippen molar-refractivity contribution in [3.05, 3.63) is 87.2 Å². The number of para-hydroxylation sites is 1. The summed E-state index contributed by atoms with van der Waals surface area (Å²) in [4.78, 5) is 25.6. The second-order valence-corrected chi connectivity index (χ2v) is 7.40. The Balaban J connectivity index is 1.63. The van der Waals surface area contributed by atoms with Crippen LogP contribution >= 0.6 is 15.9 Å². The van der Waals surface area contributed by atoms with Gasteiger partial charge in [-0.2, -0.15) is 0 Å². The van der Waals surface area contributed by atoms with E-state index < -0.39 is 5.97 Å². The predicted molar refractivity (Wildman–Crippen MR) is 121 cm³/mol. The van der Waals surface area contributed by atoms with Gasteiger partial charge in [-0.25, -0.2) is 4.79 Å². The third-order valence-corrected chi connectivity index (χ3v) is 5.27. The highest BCUT2D eigenvalue weighted by atomic mass is 79.9. The summed E-state index contributed by atoms with van der Waals surface area (Å²) >= 11 is 3.38. The van der Waals surface area contributed by atoms with Crippen LogP contribution in [0.1, 0.15) is 10.4 Å². The van der Waals surface area contributed by atoms with Gasteiger partial charge in [0.1, 0.15) is 40.4 Å². The number of fused-ring (bicyclic) bond motifs is 1. The van der Waals surface area contributed by atoms with E-state index in [0.717, 1.165) is 0 Å². The molecule has 4 rings (SSSR count). The lowest BCUT2D eigenvalue weighted by atomic mass is 10.1. The van der Waals surface area contributed by atoms with Crippen LogP contribution in [0, 0.1) is 0 Å². The van der Waals surface area contributed by atoms with E-state index >= 15 is 0 Å². The molecule has 0 unspecified atom stereocenters. The van der Waals surface area contributed by atoms with Gasteiger partial charge in [0.05, 0.1) is 24.1 Å². The first-order valence-corrected chi connectivity index (χ1v) is 10.2. The second kappa shape index (κ2) is 9.15. The van der Waals surface area contributed by atoms with Crippen molar-refractivity contribution < 1.29 is 28.2 Å². The van der Waals surface area contributed by atoms with Gasteiger partial charge in [-0.3, -0.25) is 4.79 Å². The standard InChI is InChI=1S/C24H17BrO7/c1-28-18-8-5-9-19(29-2)22(18)24(27)31-14-10-11-15-20(12-14)30-13-21(23(15)26)32-17-7-4-3-6-16(17)25/h3-13H,1-2H3. The number of carbonyl (C=O) groups is 1. The van der Waals surface area contributed by atoms with E-state index in [4.69, 9.17) is 23.4 Å². The summed E-state index contributed by atoms with van der Waals surface area (Å²) in [5.41, 5.74) is 0.0364. The fraction of sp³-hybridized carbons (Fsp3) is 0.0833. The maximum Gasteiger partial charge on any atom is 0.351 e. The Morgan fingerprint density at radius 1 is 0.875 bits per heavy atom. The maximum absolute atomic E-state index is 12.8. The van der Waals surface area contributed by atoms with Crippen LogP contribution in [0.3, 0.4) is 0 Å². The SMILES string of the molecule is COc1cccc(OC)c1C(=O)Oc1ccc2c(=O)c(Oc3ccccc3Br)coc2c1. The highest BCUT2D eigenvalue weighted by Crippen LogP contribution is 2.31. The molecule has 8 heteroatoms. The van der Waals surface area contributed by atoms with Crippen LogP contribution in [0.2, 0.25) is 0 Å². The van der Waals surface area contributed by atoms with Crippen LogP contribution in [-0.2, 0) is 0 Å². The molecule has 1 aromatic heterocycles. The molecule has 162 valence electrons. The number of carbonyl (C=O) groups excluding carboxylic acids is 1. The third kappa shape index (κ3) is 4.17. The minimum absolute atomic E-state index is 0.0351. The second-order valence-electron chi connectivity index (χ2n) is 6.55. The first-order valence-electron chi connectivity index (χ1n) is 9.43. The molecule has 0 spiro atoms. The van der Waals surface area contributed by atoms with Crippen molar-refractivity contribution >= 4 is 32.9 Å². The van der Waals surface area contributed by atoms with Crippen LogP contribution in [0.25, 0.3) is 11.0 Å². The molecule has 0 aliphatic carbocycles. The minimum atomic E-state index is -0.671. The zero-order valence-corrected chi connectivity index (χ0v) is 18.7. The monoisotopic (exact) mass is 496 g/mol. The average molecular weight is 497 g/mol. The summed E-state index contributed by atoms with van der Waals surface area (Å²) in [7, 11) is 2.90. The summed E-state index contributed by atoms with van der Waals surface area (Å²) in [6.45, 7) is 0. The molecule has 0 aliphatic heterocycles. The molecule has 0 atom stereocenters. The summed E-state index contributed by atoms with van der Waals surface area (Å²) in [6.07, 6.45) is 1.22. The molecule has 0 fully saturated rings. The molecule has 3 aromatic carbocycles.